The van der Waals surface area contributed by atoms with E-state index in [0.29, 0.717) is 5.69 Å². The molecule has 0 aliphatic rings. The van der Waals surface area contributed by atoms with Crippen molar-refractivity contribution >= 4 is 27.8 Å². The second-order valence-corrected chi connectivity index (χ2v) is 5.87. The molecule has 0 unspecified atom stereocenters. The minimum Gasteiger partial charge on any atom is -0.467 e. The van der Waals surface area contributed by atoms with Crippen LogP contribution in [0.4, 0.5) is 0 Å². The normalized spacial score (nSPS) is 12.3. The van der Waals surface area contributed by atoms with E-state index in [1.165, 1.54) is 7.11 Å². The SMILES string of the molecule is CCCn1cc(Br)cc1C(=O)N[C@H](C(=O)OC)C(C)C. The van der Waals surface area contributed by atoms with Gasteiger partial charge in [-0.1, -0.05) is 20.8 Å². The number of amides is 1. The summed E-state index contributed by atoms with van der Waals surface area (Å²) in [5, 5.41) is 2.74. The fraction of sp³-hybridized carbons (Fsp3) is 0.571. The van der Waals surface area contributed by atoms with Crippen LogP contribution in [0.3, 0.4) is 0 Å². The molecule has 0 aromatic carbocycles. The van der Waals surface area contributed by atoms with Gasteiger partial charge in [-0.15, -0.1) is 0 Å². The van der Waals surface area contributed by atoms with E-state index in [4.69, 9.17) is 4.74 Å². The van der Waals surface area contributed by atoms with Gasteiger partial charge in [0, 0.05) is 17.2 Å². The largest absolute Gasteiger partial charge is 0.467 e. The Bertz CT molecular complexity index is 483. The maximum atomic E-state index is 12.3. The molecule has 0 radical (unpaired) electrons. The lowest BCUT2D eigenvalue weighted by atomic mass is 10.0. The van der Waals surface area contributed by atoms with Gasteiger partial charge in [0.2, 0.25) is 0 Å². The Balaban J connectivity index is 2.91. The van der Waals surface area contributed by atoms with E-state index in [1.807, 2.05) is 31.5 Å². The zero-order valence-electron chi connectivity index (χ0n) is 12.3. The second kappa shape index (κ2) is 7.47. The molecule has 1 amide bonds. The number of hydrogen-bond acceptors (Lipinski definition) is 3. The Morgan fingerprint density at radius 1 is 1.45 bits per heavy atom. The molecule has 1 heterocycles. The summed E-state index contributed by atoms with van der Waals surface area (Å²) in [5.41, 5.74) is 0.535. The highest BCUT2D eigenvalue weighted by Gasteiger charge is 2.26. The summed E-state index contributed by atoms with van der Waals surface area (Å²) in [7, 11) is 1.32. The fourth-order valence-electron chi connectivity index (χ4n) is 1.93. The molecule has 1 rings (SSSR count). The number of aryl methyl sites for hydroxylation is 1. The predicted molar refractivity (Wildman–Crippen MR) is 80.5 cm³/mol. The summed E-state index contributed by atoms with van der Waals surface area (Å²) >= 11 is 3.37. The van der Waals surface area contributed by atoms with Gasteiger partial charge in [-0.2, -0.15) is 0 Å². The quantitative estimate of drug-likeness (QED) is 0.807. The van der Waals surface area contributed by atoms with E-state index >= 15 is 0 Å². The van der Waals surface area contributed by atoms with E-state index in [1.54, 1.807) is 6.07 Å². The molecule has 0 bridgehead atoms. The Morgan fingerprint density at radius 3 is 2.60 bits per heavy atom. The third-order valence-electron chi connectivity index (χ3n) is 2.97. The van der Waals surface area contributed by atoms with Crippen LogP contribution < -0.4 is 5.32 Å². The Morgan fingerprint density at radius 2 is 2.10 bits per heavy atom. The summed E-state index contributed by atoms with van der Waals surface area (Å²) in [6.07, 6.45) is 2.78. The summed E-state index contributed by atoms with van der Waals surface area (Å²) in [4.78, 5) is 24.0. The monoisotopic (exact) mass is 344 g/mol. The number of nitrogens with one attached hydrogen (secondary N) is 1. The van der Waals surface area contributed by atoms with Gasteiger partial charge >= 0.3 is 5.97 Å². The zero-order valence-corrected chi connectivity index (χ0v) is 13.9. The number of hydrogen-bond donors (Lipinski definition) is 1. The van der Waals surface area contributed by atoms with Crippen LogP contribution in [0, 0.1) is 5.92 Å². The molecular weight excluding hydrogens is 324 g/mol. The van der Waals surface area contributed by atoms with E-state index in [-0.39, 0.29) is 11.8 Å². The minimum absolute atomic E-state index is 0.0376. The highest BCUT2D eigenvalue weighted by atomic mass is 79.9. The van der Waals surface area contributed by atoms with Gasteiger partial charge in [0.25, 0.3) is 5.91 Å². The third-order valence-corrected chi connectivity index (χ3v) is 3.40. The average molecular weight is 345 g/mol. The standard InChI is InChI=1S/C14H21BrN2O3/c1-5-6-17-8-10(15)7-11(17)13(18)16-12(9(2)3)14(19)20-4/h7-9,12H,5-6H2,1-4H3,(H,16,18)/t12-/m0/s1. The maximum absolute atomic E-state index is 12.3. The summed E-state index contributed by atoms with van der Waals surface area (Å²) < 4.78 is 7.44. The molecule has 0 saturated heterocycles. The van der Waals surface area contributed by atoms with E-state index in [2.05, 4.69) is 21.2 Å². The Hall–Kier alpha value is -1.30. The van der Waals surface area contributed by atoms with Crippen molar-refractivity contribution in [2.24, 2.45) is 5.92 Å². The number of ether oxygens (including phenoxy) is 1. The zero-order chi connectivity index (χ0) is 15.3. The predicted octanol–water partition coefficient (Wildman–Crippen LogP) is 2.59. The first-order chi connectivity index (χ1) is 9.40. The molecule has 0 spiro atoms. The number of methoxy groups -OCH3 is 1. The molecule has 1 atom stereocenters. The molecule has 5 nitrogen and oxygen atoms in total. The van der Waals surface area contributed by atoms with Crippen molar-refractivity contribution in [3.63, 3.8) is 0 Å². The van der Waals surface area contributed by atoms with Crippen molar-refractivity contribution in [3.8, 4) is 0 Å². The van der Waals surface area contributed by atoms with Gasteiger partial charge in [0.1, 0.15) is 11.7 Å². The fourth-order valence-corrected chi connectivity index (χ4v) is 2.39. The molecule has 0 aliphatic carbocycles. The molecule has 20 heavy (non-hydrogen) atoms. The lowest BCUT2D eigenvalue weighted by Crippen LogP contribution is -2.45. The third kappa shape index (κ3) is 4.10. The van der Waals surface area contributed by atoms with Crippen LogP contribution >= 0.6 is 15.9 Å². The number of rotatable bonds is 6. The van der Waals surface area contributed by atoms with Crippen molar-refractivity contribution in [1.29, 1.82) is 0 Å². The maximum Gasteiger partial charge on any atom is 0.328 e. The minimum atomic E-state index is -0.642. The van der Waals surface area contributed by atoms with Gasteiger partial charge in [-0.05, 0) is 34.3 Å². The molecule has 1 N–H and O–H groups in total. The van der Waals surface area contributed by atoms with Crippen molar-refractivity contribution in [3.05, 3.63) is 22.4 Å². The van der Waals surface area contributed by atoms with Crippen LogP contribution in [0.1, 0.15) is 37.7 Å². The first kappa shape index (κ1) is 16.8. The van der Waals surface area contributed by atoms with E-state index in [9.17, 15) is 9.59 Å². The topological polar surface area (TPSA) is 60.3 Å². The Kier molecular flexibility index (Phi) is 6.26. The molecule has 0 fully saturated rings. The van der Waals surface area contributed by atoms with Gasteiger partial charge < -0.3 is 14.6 Å². The van der Waals surface area contributed by atoms with E-state index < -0.39 is 12.0 Å². The second-order valence-electron chi connectivity index (χ2n) is 4.96. The molecule has 112 valence electrons. The van der Waals surface area contributed by atoms with Crippen LogP contribution in [-0.4, -0.2) is 29.6 Å². The molecule has 1 aromatic heterocycles. The number of carbonyl (C=O) groups excluding carboxylic acids is 2. The van der Waals surface area contributed by atoms with Gasteiger partial charge in [-0.25, -0.2) is 4.79 Å². The smallest absolute Gasteiger partial charge is 0.328 e. The van der Waals surface area contributed by atoms with Gasteiger partial charge in [0.05, 0.1) is 7.11 Å². The van der Waals surface area contributed by atoms with Gasteiger partial charge in [-0.3, -0.25) is 4.79 Å². The van der Waals surface area contributed by atoms with Crippen LogP contribution in [0.15, 0.2) is 16.7 Å². The first-order valence-electron chi connectivity index (χ1n) is 6.65. The Labute approximate surface area is 127 Å². The molecule has 6 heteroatoms. The van der Waals surface area contributed by atoms with Crippen molar-refractivity contribution in [1.82, 2.24) is 9.88 Å². The van der Waals surface area contributed by atoms with Crippen molar-refractivity contribution in [2.75, 3.05) is 7.11 Å². The summed E-state index contributed by atoms with van der Waals surface area (Å²) in [5.74, 6) is -0.737. The lowest BCUT2D eigenvalue weighted by molar-refractivity contribution is -0.144. The first-order valence-corrected chi connectivity index (χ1v) is 7.44. The van der Waals surface area contributed by atoms with E-state index in [0.717, 1.165) is 17.4 Å². The lowest BCUT2D eigenvalue weighted by Gasteiger charge is -2.20. The number of halogens is 1. The number of aromatic nitrogens is 1. The average Bonchev–Trinajstić information content (AvgIpc) is 2.76. The number of nitrogens with zero attached hydrogens (tertiary/aromatic N) is 1. The van der Waals surface area contributed by atoms with Crippen LogP contribution in [0.25, 0.3) is 0 Å². The van der Waals surface area contributed by atoms with Gasteiger partial charge in [0.15, 0.2) is 0 Å². The molecular formula is C14H21BrN2O3. The molecule has 1 aromatic rings. The van der Waals surface area contributed by atoms with Crippen LogP contribution in [0.5, 0.6) is 0 Å². The molecule has 0 saturated carbocycles. The summed E-state index contributed by atoms with van der Waals surface area (Å²) in [6, 6.07) is 1.11. The van der Waals surface area contributed by atoms with Crippen LogP contribution in [-0.2, 0) is 16.1 Å². The summed E-state index contributed by atoms with van der Waals surface area (Å²) in [6.45, 7) is 6.52. The number of carbonyl (C=O) groups is 2. The van der Waals surface area contributed by atoms with Crippen molar-refractivity contribution in [2.45, 2.75) is 39.8 Å². The van der Waals surface area contributed by atoms with Crippen LogP contribution in [0.2, 0.25) is 0 Å². The highest BCUT2D eigenvalue weighted by molar-refractivity contribution is 9.10. The highest BCUT2D eigenvalue weighted by Crippen LogP contribution is 2.16. The van der Waals surface area contributed by atoms with Crippen molar-refractivity contribution < 1.29 is 14.3 Å². The molecule has 0 aliphatic heterocycles. The number of esters is 1.